The molecular weight excluding hydrogens is 190 g/mol. The average Bonchev–Trinajstić information content (AvgIpc) is 2.24. The highest BCUT2D eigenvalue weighted by atomic mass is 16.8. The fourth-order valence-electron chi connectivity index (χ4n) is 1.46. The van der Waals surface area contributed by atoms with Crippen molar-refractivity contribution in [3.05, 3.63) is 11.6 Å². The first kappa shape index (κ1) is 12.2. The predicted molar refractivity (Wildman–Crippen MR) is 62.7 cm³/mol. The lowest BCUT2D eigenvalue weighted by molar-refractivity contribution is 0.0468. The molecule has 1 aliphatic heterocycles. The van der Waals surface area contributed by atoms with Crippen LogP contribution >= 0.6 is 0 Å². The van der Waals surface area contributed by atoms with Crippen LogP contribution in [0.15, 0.2) is 16.8 Å². The Hall–Kier alpha value is -0.870. The van der Waals surface area contributed by atoms with Crippen LogP contribution in [0.3, 0.4) is 0 Å². The summed E-state index contributed by atoms with van der Waals surface area (Å²) >= 11 is 0. The van der Waals surface area contributed by atoms with E-state index >= 15 is 0 Å². The molecule has 0 aromatic carbocycles. The van der Waals surface area contributed by atoms with E-state index in [1.54, 1.807) is 0 Å². The molecule has 0 saturated carbocycles. The molecule has 0 spiro atoms. The maximum Gasteiger partial charge on any atom is 0.0833 e. The summed E-state index contributed by atoms with van der Waals surface area (Å²) in [7, 11) is 2.12. The van der Waals surface area contributed by atoms with Gasteiger partial charge in [0.1, 0.15) is 0 Å². The first-order chi connectivity index (χ1) is 7.24. The molecule has 4 nitrogen and oxygen atoms in total. The van der Waals surface area contributed by atoms with Crippen LogP contribution in [0.1, 0.15) is 26.7 Å². The van der Waals surface area contributed by atoms with Crippen LogP contribution in [0.25, 0.3) is 0 Å². The first-order valence-electron chi connectivity index (χ1n) is 5.55. The molecule has 0 atom stereocenters. The van der Waals surface area contributed by atoms with Crippen molar-refractivity contribution in [1.29, 1.82) is 0 Å². The molecule has 1 aliphatic rings. The zero-order valence-electron chi connectivity index (χ0n) is 9.92. The highest BCUT2D eigenvalue weighted by Gasteiger charge is 2.10. The van der Waals surface area contributed by atoms with Gasteiger partial charge in [0.2, 0.25) is 0 Å². The van der Waals surface area contributed by atoms with Crippen LogP contribution in [0.5, 0.6) is 0 Å². The van der Waals surface area contributed by atoms with Gasteiger partial charge < -0.3 is 4.90 Å². The van der Waals surface area contributed by atoms with Gasteiger partial charge in [-0.1, -0.05) is 18.2 Å². The standard InChI is InChI=1S/C11H21N3O/c1-4-7-12-15-13-10(2)11-6-5-8-14(3)9-11/h6,12H,4-5,7-9H2,1-3H3/b13-10+. The zero-order chi connectivity index (χ0) is 11.1. The van der Waals surface area contributed by atoms with E-state index in [0.29, 0.717) is 0 Å². The van der Waals surface area contributed by atoms with E-state index in [-0.39, 0.29) is 0 Å². The summed E-state index contributed by atoms with van der Waals surface area (Å²) in [5.74, 6) is 0. The second kappa shape index (κ2) is 6.58. The Morgan fingerprint density at radius 1 is 1.67 bits per heavy atom. The largest absolute Gasteiger partial charge is 0.302 e. The predicted octanol–water partition coefficient (Wildman–Crippen LogP) is 1.56. The highest BCUT2D eigenvalue weighted by Crippen LogP contribution is 2.09. The van der Waals surface area contributed by atoms with E-state index in [9.17, 15) is 0 Å². The van der Waals surface area contributed by atoms with Crippen molar-refractivity contribution in [2.75, 3.05) is 26.7 Å². The molecule has 0 amide bonds. The molecule has 86 valence electrons. The Morgan fingerprint density at radius 3 is 3.13 bits per heavy atom. The fraction of sp³-hybridized carbons (Fsp3) is 0.727. The van der Waals surface area contributed by atoms with E-state index in [1.807, 2.05) is 6.92 Å². The molecule has 0 radical (unpaired) electrons. The van der Waals surface area contributed by atoms with E-state index < -0.39 is 0 Å². The average molecular weight is 211 g/mol. The molecule has 0 bridgehead atoms. The Bertz CT molecular complexity index is 248. The fourth-order valence-corrected chi connectivity index (χ4v) is 1.46. The SMILES string of the molecule is CCCNO/N=C(\C)C1=CCCN(C)C1. The van der Waals surface area contributed by atoms with Crippen LogP contribution in [0.4, 0.5) is 0 Å². The lowest BCUT2D eigenvalue weighted by Crippen LogP contribution is -2.28. The zero-order valence-corrected chi connectivity index (χ0v) is 9.92. The van der Waals surface area contributed by atoms with Gasteiger partial charge in [-0.25, -0.2) is 0 Å². The molecule has 15 heavy (non-hydrogen) atoms. The number of oxime groups is 1. The van der Waals surface area contributed by atoms with Gasteiger partial charge in [-0.15, -0.1) is 5.48 Å². The molecule has 1 heterocycles. The normalized spacial score (nSPS) is 18.9. The number of likely N-dealkylation sites (N-methyl/N-ethyl adjacent to an activating group) is 1. The lowest BCUT2D eigenvalue weighted by atomic mass is 10.1. The van der Waals surface area contributed by atoms with E-state index in [4.69, 9.17) is 4.94 Å². The molecule has 0 aliphatic carbocycles. The molecule has 1 N–H and O–H groups in total. The Morgan fingerprint density at radius 2 is 2.47 bits per heavy atom. The third kappa shape index (κ3) is 4.44. The Kier molecular flexibility index (Phi) is 5.36. The summed E-state index contributed by atoms with van der Waals surface area (Å²) in [6, 6.07) is 0. The first-order valence-corrected chi connectivity index (χ1v) is 5.55. The van der Waals surface area contributed by atoms with Crippen LogP contribution in [0, 0.1) is 0 Å². The van der Waals surface area contributed by atoms with Gasteiger partial charge in [0.25, 0.3) is 0 Å². The summed E-state index contributed by atoms with van der Waals surface area (Å²) in [5.41, 5.74) is 5.02. The number of hydroxylamine groups is 1. The van der Waals surface area contributed by atoms with Crippen molar-refractivity contribution in [3.8, 4) is 0 Å². The highest BCUT2D eigenvalue weighted by molar-refractivity contribution is 5.98. The second-order valence-corrected chi connectivity index (χ2v) is 3.92. The number of hydrogen-bond acceptors (Lipinski definition) is 4. The van der Waals surface area contributed by atoms with Gasteiger partial charge in [-0.2, -0.15) is 0 Å². The van der Waals surface area contributed by atoms with Crippen LogP contribution < -0.4 is 5.48 Å². The number of nitrogens with zero attached hydrogens (tertiary/aromatic N) is 2. The number of nitrogens with one attached hydrogen (secondary N) is 1. The van der Waals surface area contributed by atoms with Crippen molar-refractivity contribution >= 4 is 5.71 Å². The number of hydrogen-bond donors (Lipinski definition) is 1. The molecule has 0 unspecified atom stereocenters. The van der Waals surface area contributed by atoms with Crippen molar-refractivity contribution in [3.63, 3.8) is 0 Å². The minimum atomic E-state index is 0.829. The summed E-state index contributed by atoms with van der Waals surface area (Å²) in [6.07, 6.45) is 4.38. The Balaban J connectivity index is 2.37. The quantitative estimate of drug-likeness (QED) is 0.426. The van der Waals surface area contributed by atoms with Crippen molar-refractivity contribution in [1.82, 2.24) is 10.4 Å². The lowest BCUT2D eigenvalue weighted by Gasteiger charge is -2.22. The number of rotatable bonds is 5. The minimum Gasteiger partial charge on any atom is -0.302 e. The van der Waals surface area contributed by atoms with Gasteiger partial charge in [-0.05, 0) is 32.4 Å². The van der Waals surface area contributed by atoms with Crippen molar-refractivity contribution in [2.45, 2.75) is 26.7 Å². The van der Waals surface area contributed by atoms with Crippen LogP contribution in [-0.2, 0) is 4.94 Å². The summed E-state index contributed by atoms with van der Waals surface area (Å²) in [6.45, 7) is 7.00. The van der Waals surface area contributed by atoms with Gasteiger partial charge in [-0.3, -0.25) is 4.94 Å². The molecular formula is C11H21N3O. The second-order valence-electron chi connectivity index (χ2n) is 3.92. The summed E-state index contributed by atoms with van der Waals surface area (Å²) in [5, 5.41) is 4.03. The topological polar surface area (TPSA) is 36.9 Å². The molecule has 0 aromatic heterocycles. The van der Waals surface area contributed by atoms with Gasteiger partial charge >= 0.3 is 0 Å². The molecule has 0 aromatic rings. The molecule has 4 heteroatoms. The summed E-state index contributed by atoms with van der Waals surface area (Å²) < 4.78 is 0. The third-order valence-corrected chi connectivity index (χ3v) is 2.41. The van der Waals surface area contributed by atoms with E-state index in [2.05, 4.69) is 35.6 Å². The smallest absolute Gasteiger partial charge is 0.0833 e. The van der Waals surface area contributed by atoms with E-state index in [1.165, 1.54) is 5.57 Å². The van der Waals surface area contributed by atoms with E-state index in [0.717, 1.165) is 38.2 Å². The minimum absolute atomic E-state index is 0.829. The third-order valence-electron chi connectivity index (χ3n) is 2.41. The molecule has 0 fully saturated rings. The summed E-state index contributed by atoms with van der Waals surface area (Å²) in [4.78, 5) is 7.29. The maximum atomic E-state index is 5.00. The van der Waals surface area contributed by atoms with Gasteiger partial charge in [0.15, 0.2) is 0 Å². The van der Waals surface area contributed by atoms with Gasteiger partial charge in [0, 0.05) is 19.6 Å². The molecule has 0 saturated heterocycles. The van der Waals surface area contributed by atoms with Gasteiger partial charge in [0.05, 0.1) is 5.71 Å². The Labute approximate surface area is 91.9 Å². The monoisotopic (exact) mass is 211 g/mol. The van der Waals surface area contributed by atoms with Crippen molar-refractivity contribution < 1.29 is 4.94 Å². The molecule has 1 rings (SSSR count). The van der Waals surface area contributed by atoms with Crippen LogP contribution in [0.2, 0.25) is 0 Å². The van der Waals surface area contributed by atoms with Crippen molar-refractivity contribution in [2.24, 2.45) is 5.16 Å². The maximum absolute atomic E-state index is 5.00. The van der Waals surface area contributed by atoms with Crippen LogP contribution in [-0.4, -0.2) is 37.3 Å².